The number of halogens is 1. The number of benzene rings is 2. The van der Waals surface area contributed by atoms with Crippen LogP contribution in [0.25, 0.3) is 0 Å². The molecule has 0 aromatic heterocycles. The maximum atomic E-state index is 12.9. The fourth-order valence-corrected chi connectivity index (χ4v) is 3.16. The lowest BCUT2D eigenvalue weighted by molar-refractivity contribution is -0.122. The number of nitrogens with zero attached hydrogens (tertiary/aromatic N) is 2. The van der Waals surface area contributed by atoms with Crippen LogP contribution in [0.1, 0.15) is 11.1 Å². The Morgan fingerprint density at radius 1 is 0.885 bits per heavy atom. The molecule has 0 saturated carbocycles. The van der Waals surface area contributed by atoms with Crippen LogP contribution < -0.4 is 5.32 Å². The molecule has 1 amide bonds. The van der Waals surface area contributed by atoms with Crippen molar-refractivity contribution in [2.45, 2.75) is 13.0 Å². The van der Waals surface area contributed by atoms with Crippen LogP contribution in [0.4, 0.5) is 4.39 Å². The molecule has 1 saturated heterocycles. The van der Waals surface area contributed by atoms with Gasteiger partial charge >= 0.3 is 0 Å². The second kappa shape index (κ2) is 9.46. The zero-order valence-corrected chi connectivity index (χ0v) is 15.0. The molecule has 138 valence electrons. The van der Waals surface area contributed by atoms with Gasteiger partial charge in [-0.3, -0.25) is 9.69 Å². The lowest BCUT2D eigenvalue weighted by Crippen LogP contribution is -2.49. The van der Waals surface area contributed by atoms with Crippen molar-refractivity contribution in [2.75, 3.05) is 39.3 Å². The van der Waals surface area contributed by atoms with Gasteiger partial charge in [-0.15, -0.1) is 0 Å². The zero-order valence-electron chi connectivity index (χ0n) is 15.0. The number of nitrogens with one attached hydrogen (secondary N) is 1. The summed E-state index contributed by atoms with van der Waals surface area (Å²) in [6.45, 7) is 5.76. The number of hydrogen-bond donors (Lipinski definition) is 1. The lowest BCUT2D eigenvalue weighted by Gasteiger charge is -2.34. The molecule has 3 rings (SSSR count). The van der Waals surface area contributed by atoms with E-state index in [0.717, 1.165) is 44.7 Å². The van der Waals surface area contributed by atoms with Crippen molar-refractivity contribution in [3.05, 3.63) is 71.5 Å². The van der Waals surface area contributed by atoms with E-state index in [4.69, 9.17) is 0 Å². The van der Waals surface area contributed by atoms with E-state index in [0.29, 0.717) is 13.1 Å². The first-order valence-corrected chi connectivity index (χ1v) is 9.19. The fraction of sp³-hybridized carbons (Fsp3) is 0.381. The minimum absolute atomic E-state index is 0.0204. The molecule has 2 aromatic rings. The highest BCUT2D eigenvalue weighted by Crippen LogP contribution is 2.06. The predicted molar refractivity (Wildman–Crippen MR) is 101 cm³/mol. The molecule has 0 aliphatic carbocycles. The summed E-state index contributed by atoms with van der Waals surface area (Å²) in [4.78, 5) is 16.8. The topological polar surface area (TPSA) is 35.6 Å². The molecule has 1 fully saturated rings. The summed E-state index contributed by atoms with van der Waals surface area (Å²) in [5.41, 5.74) is 2.28. The van der Waals surface area contributed by atoms with Gasteiger partial charge in [-0.1, -0.05) is 42.5 Å². The summed E-state index contributed by atoms with van der Waals surface area (Å²) in [5.74, 6) is -0.239. The minimum atomic E-state index is -0.259. The third kappa shape index (κ3) is 5.93. The van der Waals surface area contributed by atoms with E-state index in [2.05, 4.69) is 39.4 Å². The van der Waals surface area contributed by atoms with Gasteiger partial charge in [-0.2, -0.15) is 0 Å². The van der Waals surface area contributed by atoms with E-state index in [1.807, 2.05) is 6.07 Å². The van der Waals surface area contributed by atoms with Gasteiger partial charge < -0.3 is 10.2 Å². The average Bonchev–Trinajstić information content (AvgIpc) is 2.68. The molecule has 5 heteroatoms. The van der Waals surface area contributed by atoms with Gasteiger partial charge in [0.25, 0.3) is 0 Å². The standard InChI is InChI=1S/C21H26FN3O/c22-20-8-6-19(7-9-20)16-23-21(26)17-25-14-12-24(13-15-25)11-10-18-4-2-1-3-5-18/h1-9H,10-17H2,(H,23,26). The van der Waals surface area contributed by atoms with Crippen molar-refractivity contribution < 1.29 is 9.18 Å². The van der Waals surface area contributed by atoms with Crippen LogP contribution >= 0.6 is 0 Å². The van der Waals surface area contributed by atoms with E-state index in [-0.39, 0.29) is 11.7 Å². The molecule has 0 atom stereocenters. The van der Waals surface area contributed by atoms with Crippen LogP contribution in [0.3, 0.4) is 0 Å². The molecule has 0 radical (unpaired) electrons. The van der Waals surface area contributed by atoms with Crippen LogP contribution in [0.15, 0.2) is 54.6 Å². The third-order valence-corrected chi connectivity index (χ3v) is 4.79. The molecular weight excluding hydrogens is 329 g/mol. The van der Waals surface area contributed by atoms with Crippen molar-refractivity contribution in [2.24, 2.45) is 0 Å². The van der Waals surface area contributed by atoms with Gasteiger partial charge in [0, 0.05) is 39.3 Å². The molecule has 1 heterocycles. The van der Waals surface area contributed by atoms with Crippen LogP contribution in [-0.4, -0.2) is 55.0 Å². The number of carbonyl (C=O) groups is 1. The van der Waals surface area contributed by atoms with Crippen molar-refractivity contribution in [1.82, 2.24) is 15.1 Å². The Balaban J connectivity index is 1.33. The molecule has 26 heavy (non-hydrogen) atoms. The Labute approximate surface area is 154 Å². The summed E-state index contributed by atoms with van der Waals surface area (Å²) in [6.07, 6.45) is 1.07. The largest absolute Gasteiger partial charge is 0.351 e. The highest BCUT2D eigenvalue weighted by molar-refractivity contribution is 5.78. The Hall–Kier alpha value is -2.24. The Morgan fingerprint density at radius 3 is 2.23 bits per heavy atom. The maximum absolute atomic E-state index is 12.9. The first-order valence-electron chi connectivity index (χ1n) is 9.19. The number of rotatable bonds is 7. The van der Waals surface area contributed by atoms with Crippen molar-refractivity contribution >= 4 is 5.91 Å². The lowest BCUT2D eigenvalue weighted by atomic mass is 10.1. The van der Waals surface area contributed by atoms with Crippen molar-refractivity contribution in [1.29, 1.82) is 0 Å². The smallest absolute Gasteiger partial charge is 0.234 e. The van der Waals surface area contributed by atoms with E-state index < -0.39 is 0 Å². The van der Waals surface area contributed by atoms with E-state index in [9.17, 15) is 9.18 Å². The maximum Gasteiger partial charge on any atom is 0.234 e. The summed E-state index contributed by atoms with van der Waals surface area (Å²) in [5, 5.41) is 2.91. The molecule has 0 bridgehead atoms. The van der Waals surface area contributed by atoms with Crippen LogP contribution in [0.5, 0.6) is 0 Å². The average molecular weight is 355 g/mol. The van der Waals surface area contributed by atoms with Crippen LogP contribution in [0, 0.1) is 5.82 Å². The van der Waals surface area contributed by atoms with Crippen molar-refractivity contribution in [3.63, 3.8) is 0 Å². The van der Waals surface area contributed by atoms with E-state index >= 15 is 0 Å². The number of amides is 1. The molecule has 0 unspecified atom stereocenters. The second-order valence-electron chi connectivity index (χ2n) is 6.76. The summed E-state index contributed by atoms with van der Waals surface area (Å²) in [6, 6.07) is 16.8. The first-order chi connectivity index (χ1) is 12.7. The Kier molecular flexibility index (Phi) is 6.75. The number of carbonyl (C=O) groups excluding carboxylic acids is 1. The molecule has 1 N–H and O–H groups in total. The monoisotopic (exact) mass is 355 g/mol. The molecule has 2 aromatic carbocycles. The van der Waals surface area contributed by atoms with Gasteiger partial charge in [0.1, 0.15) is 5.82 Å². The van der Waals surface area contributed by atoms with E-state index in [1.165, 1.54) is 17.7 Å². The normalized spacial score (nSPS) is 15.7. The fourth-order valence-electron chi connectivity index (χ4n) is 3.16. The first kappa shape index (κ1) is 18.5. The SMILES string of the molecule is O=C(CN1CCN(CCc2ccccc2)CC1)NCc1ccc(F)cc1. The number of piperazine rings is 1. The summed E-state index contributed by atoms with van der Waals surface area (Å²) in [7, 11) is 0. The Morgan fingerprint density at radius 2 is 1.54 bits per heavy atom. The third-order valence-electron chi connectivity index (χ3n) is 4.79. The molecule has 4 nitrogen and oxygen atoms in total. The summed E-state index contributed by atoms with van der Waals surface area (Å²) < 4.78 is 12.9. The second-order valence-corrected chi connectivity index (χ2v) is 6.76. The van der Waals surface area contributed by atoms with Gasteiger partial charge in [-0.25, -0.2) is 4.39 Å². The van der Waals surface area contributed by atoms with Crippen LogP contribution in [-0.2, 0) is 17.8 Å². The molecule has 0 spiro atoms. The van der Waals surface area contributed by atoms with Gasteiger partial charge in [-0.05, 0) is 29.7 Å². The van der Waals surface area contributed by atoms with Gasteiger partial charge in [0.05, 0.1) is 6.54 Å². The predicted octanol–water partition coefficient (Wildman–Crippen LogP) is 2.30. The van der Waals surface area contributed by atoms with Crippen LogP contribution in [0.2, 0.25) is 0 Å². The van der Waals surface area contributed by atoms with Crippen molar-refractivity contribution in [3.8, 4) is 0 Å². The van der Waals surface area contributed by atoms with Gasteiger partial charge in [0.2, 0.25) is 5.91 Å². The van der Waals surface area contributed by atoms with E-state index in [1.54, 1.807) is 12.1 Å². The molecule has 1 aliphatic rings. The minimum Gasteiger partial charge on any atom is -0.351 e. The highest BCUT2D eigenvalue weighted by atomic mass is 19.1. The zero-order chi connectivity index (χ0) is 18.2. The van der Waals surface area contributed by atoms with Gasteiger partial charge in [0.15, 0.2) is 0 Å². The molecule has 1 aliphatic heterocycles. The highest BCUT2D eigenvalue weighted by Gasteiger charge is 2.18. The quantitative estimate of drug-likeness (QED) is 0.828. The Bertz CT molecular complexity index is 682. The molecular formula is C21H26FN3O. The number of hydrogen-bond acceptors (Lipinski definition) is 3. The summed E-state index contributed by atoms with van der Waals surface area (Å²) >= 11 is 0.